The van der Waals surface area contributed by atoms with Gasteiger partial charge in [-0.1, -0.05) is 6.92 Å². The molecule has 0 heterocycles. The number of carbonyl (C=O) groups excluding carboxylic acids is 1. The highest BCUT2D eigenvalue weighted by Crippen LogP contribution is 2.23. The van der Waals surface area contributed by atoms with Crippen LogP contribution in [-0.2, 0) is 4.74 Å². The molecule has 1 fully saturated rings. The molecule has 0 bridgehead atoms. The number of carbonyl (C=O) groups is 1. The van der Waals surface area contributed by atoms with Gasteiger partial charge in [0, 0.05) is 19.8 Å². The van der Waals surface area contributed by atoms with Gasteiger partial charge < -0.3 is 20.5 Å². The van der Waals surface area contributed by atoms with Crippen molar-refractivity contribution < 1.29 is 14.6 Å². The van der Waals surface area contributed by atoms with Crippen LogP contribution in [0.5, 0.6) is 0 Å². The van der Waals surface area contributed by atoms with Crippen molar-refractivity contribution in [2.45, 2.75) is 51.1 Å². The molecule has 3 N–H and O–H groups in total. The van der Waals surface area contributed by atoms with E-state index in [1.807, 2.05) is 6.92 Å². The molecule has 0 aromatic heterocycles. The van der Waals surface area contributed by atoms with Gasteiger partial charge in [-0.25, -0.2) is 4.79 Å². The summed E-state index contributed by atoms with van der Waals surface area (Å²) < 4.78 is 5.04. The molecule has 0 spiro atoms. The number of amides is 2. The molecule has 0 aromatic rings. The largest absolute Gasteiger partial charge is 0.396 e. The second-order valence-corrected chi connectivity index (χ2v) is 5.08. The van der Waals surface area contributed by atoms with Crippen molar-refractivity contribution in [1.29, 1.82) is 0 Å². The van der Waals surface area contributed by atoms with Gasteiger partial charge in [0.25, 0.3) is 0 Å². The molecule has 1 rings (SSSR count). The molecular formula is C13H26N2O3. The van der Waals surface area contributed by atoms with E-state index in [1.54, 1.807) is 7.11 Å². The summed E-state index contributed by atoms with van der Waals surface area (Å²) in [6, 6.07) is 0.211. The fourth-order valence-electron chi connectivity index (χ4n) is 2.36. The van der Waals surface area contributed by atoms with Crippen LogP contribution in [0.4, 0.5) is 4.79 Å². The van der Waals surface area contributed by atoms with Gasteiger partial charge in [0.1, 0.15) is 0 Å². The Labute approximate surface area is 109 Å². The topological polar surface area (TPSA) is 70.6 Å². The Hall–Kier alpha value is -0.810. The summed E-state index contributed by atoms with van der Waals surface area (Å²) in [5, 5.41) is 15.0. The predicted octanol–water partition coefficient (Wildman–Crippen LogP) is 1.26. The Morgan fingerprint density at radius 1 is 1.39 bits per heavy atom. The van der Waals surface area contributed by atoms with Gasteiger partial charge in [0.15, 0.2) is 0 Å². The lowest BCUT2D eigenvalue weighted by Gasteiger charge is -2.28. The van der Waals surface area contributed by atoms with E-state index in [1.165, 1.54) is 0 Å². The Balaban J connectivity index is 2.23. The van der Waals surface area contributed by atoms with Gasteiger partial charge in [-0.3, -0.25) is 0 Å². The smallest absolute Gasteiger partial charge is 0.315 e. The van der Waals surface area contributed by atoms with Crippen molar-refractivity contribution in [2.24, 2.45) is 5.92 Å². The van der Waals surface area contributed by atoms with Gasteiger partial charge in [0.05, 0.1) is 12.6 Å². The Bertz CT molecular complexity index is 240. The second kappa shape index (κ2) is 8.32. The van der Waals surface area contributed by atoms with E-state index >= 15 is 0 Å². The zero-order chi connectivity index (χ0) is 13.4. The van der Waals surface area contributed by atoms with Gasteiger partial charge in [-0.15, -0.1) is 0 Å². The van der Waals surface area contributed by atoms with Crippen LogP contribution in [0.25, 0.3) is 0 Å². The number of rotatable bonds is 6. The number of ether oxygens (including phenoxy) is 1. The van der Waals surface area contributed by atoms with Crippen molar-refractivity contribution in [3.05, 3.63) is 0 Å². The lowest BCUT2D eigenvalue weighted by atomic mass is 9.87. The normalized spacial score (nSPS) is 25.5. The molecule has 5 heteroatoms. The van der Waals surface area contributed by atoms with Gasteiger partial charge in [0.2, 0.25) is 0 Å². The third kappa shape index (κ3) is 5.23. The molecular weight excluding hydrogens is 232 g/mol. The summed E-state index contributed by atoms with van der Waals surface area (Å²) in [5.74, 6) is 0.419. The van der Waals surface area contributed by atoms with Crippen LogP contribution >= 0.6 is 0 Å². The highest BCUT2D eigenvalue weighted by Gasteiger charge is 2.22. The minimum Gasteiger partial charge on any atom is -0.396 e. The average molecular weight is 258 g/mol. The quantitative estimate of drug-likeness (QED) is 0.672. The molecule has 1 saturated carbocycles. The summed E-state index contributed by atoms with van der Waals surface area (Å²) in [6.07, 6.45) is 4.77. The lowest BCUT2D eigenvalue weighted by molar-refractivity contribution is 0.158. The van der Waals surface area contributed by atoms with Crippen molar-refractivity contribution >= 4 is 6.03 Å². The zero-order valence-electron chi connectivity index (χ0n) is 11.4. The molecule has 18 heavy (non-hydrogen) atoms. The number of methoxy groups -OCH3 is 1. The number of hydrogen-bond donors (Lipinski definition) is 3. The van der Waals surface area contributed by atoms with Crippen molar-refractivity contribution in [3.63, 3.8) is 0 Å². The minimum atomic E-state index is -0.105. The molecule has 1 atom stereocenters. The minimum absolute atomic E-state index is 0.0729. The Kier molecular flexibility index (Phi) is 7.05. The molecule has 2 amide bonds. The maximum Gasteiger partial charge on any atom is 0.315 e. The van der Waals surface area contributed by atoms with Crippen LogP contribution < -0.4 is 10.6 Å². The van der Waals surface area contributed by atoms with Crippen molar-refractivity contribution in [3.8, 4) is 0 Å². The number of hydrogen-bond acceptors (Lipinski definition) is 3. The molecule has 5 nitrogen and oxygen atoms in total. The number of aliphatic hydroxyl groups excluding tert-OH is 1. The number of nitrogens with one attached hydrogen (secondary N) is 2. The molecule has 0 saturated heterocycles. The molecule has 0 aliphatic heterocycles. The first-order chi connectivity index (χ1) is 8.69. The van der Waals surface area contributed by atoms with Crippen LogP contribution in [0.15, 0.2) is 0 Å². The Morgan fingerprint density at radius 2 is 2.06 bits per heavy atom. The fraction of sp³-hybridized carbons (Fsp3) is 0.923. The van der Waals surface area contributed by atoms with E-state index in [2.05, 4.69) is 10.6 Å². The van der Waals surface area contributed by atoms with E-state index in [4.69, 9.17) is 9.84 Å². The average Bonchev–Trinajstić information content (AvgIpc) is 2.39. The van der Waals surface area contributed by atoms with E-state index in [0.29, 0.717) is 12.5 Å². The fourth-order valence-corrected chi connectivity index (χ4v) is 2.36. The Morgan fingerprint density at radius 3 is 2.56 bits per heavy atom. The summed E-state index contributed by atoms with van der Waals surface area (Å²) in [5.41, 5.74) is 0. The zero-order valence-corrected chi connectivity index (χ0v) is 11.4. The highest BCUT2D eigenvalue weighted by molar-refractivity contribution is 5.74. The van der Waals surface area contributed by atoms with Crippen LogP contribution in [0.3, 0.4) is 0 Å². The summed E-state index contributed by atoms with van der Waals surface area (Å²) in [7, 11) is 1.64. The highest BCUT2D eigenvalue weighted by atomic mass is 16.5. The van der Waals surface area contributed by atoms with Gasteiger partial charge in [-0.05, 0) is 38.0 Å². The first-order valence-corrected chi connectivity index (χ1v) is 6.86. The lowest BCUT2D eigenvalue weighted by Crippen LogP contribution is -2.48. The summed E-state index contributed by atoms with van der Waals surface area (Å²) in [6.45, 7) is 2.84. The third-order valence-electron chi connectivity index (χ3n) is 3.64. The van der Waals surface area contributed by atoms with Crippen LogP contribution in [-0.4, -0.2) is 43.5 Å². The van der Waals surface area contributed by atoms with Crippen molar-refractivity contribution in [2.75, 3.05) is 20.3 Å². The molecule has 1 unspecified atom stereocenters. The van der Waals surface area contributed by atoms with Gasteiger partial charge >= 0.3 is 6.03 Å². The van der Waals surface area contributed by atoms with Crippen LogP contribution in [0, 0.1) is 5.92 Å². The number of aliphatic hydroxyl groups is 1. The number of urea groups is 1. The second-order valence-electron chi connectivity index (χ2n) is 5.08. The van der Waals surface area contributed by atoms with Crippen LogP contribution in [0.1, 0.15) is 39.0 Å². The van der Waals surface area contributed by atoms with E-state index in [9.17, 15) is 4.79 Å². The van der Waals surface area contributed by atoms with Gasteiger partial charge in [-0.2, -0.15) is 0 Å². The SMILES string of the molecule is CCC(COC)NC(=O)NC1CCC(CO)CC1. The summed E-state index contributed by atoms with van der Waals surface area (Å²) in [4.78, 5) is 11.8. The molecule has 1 aliphatic carbocycles. The standard InChI is InChI=1S/C13H26N2O3/c1-3-11(9-18-2)14-13(17)15-12-6-4-10(8-16)5-7-12/h10-12,16H,3-9H2,1-2H3,(H2,14,15,17). The van der Waals surface area contributed by atoms with Crippen molar-refractivity contribution in [1.82, 2.24) is 10.6 Å². The van der Waals surface area contributed by atoms with E-state index in [0.717, 1.165) is 32.1 Å². The van der Waals surface area contributed by atoms with Crippen LogP contribution in [0.2, 0.25) is 0 Å². The molecule has 1 aliphatic rings. The molecule has 0 aromatic carbocycles. The maximum absolute atomic E-state index is 11.8. The van der Waals surface area contributed by atoms with E-state index < -0.39 is 0 Å². The first kappa shape index (κ1) is 15.2. The summed E-state index contributed by atoms with van der Waals surface area (Å²) >= 11 is 0. The predicted molar refractivity (Wildman–Crippen MR) is 70.5 cm³/mol. The molecule has 106 valence electrons. The maximum atomic E-state index is 11.8. The molecule has 0 radical (unpaired) electrons. The third-order valence-corrected chi connectivity index (χ3v) is 3.64. The first-order valence-electron chi connectivity index (χ1n) is 6.86. The van der Waals surface area contributed by atoms with E-state index in [-0.39, 0.29) is 24.7 Å². The monoisotopic (exact) mass is 258 g/mol.